The molecule has 5 rings (SSSR count). The Morgan fingerprint density at radius 2 is 2.03 bits per heavy atom. The van der Waals surface area contributed by atoms with Crippen LogP contribution in [0.25, 0.3) is 23.0 Å². The number of ether oxygens (including phenoxy) is 1. The van der Waals surface area contributed by atoms with Gasteiger partial charge in [0, 0.05) is 41.5 Å². The molecule has 1 aromatic carbocycles. The van der Waals surface area contributed by atoms with Crippen molar-refractivity contribution in [3.63, 3.8) is 0 Å². The van der Waals surface area contributed by atoms with Gasteiger partial charge in [0.2, 0.25) is 0 Å². The van der Waals surface area contributed by atoms with Crippen molar-refractivity contribution in [3.8, 4) is 17.0 Å². The average Bonchev–Trinajstić information content (AvgIpc) is 2.85. The summed E-state index contributed by atoms with van der Waals surface area (Å²) < 4.78 is 5.34. The summed E-state index contributed by atoms with van der Waals surface area (Å²) in [5.74, 6) is 2.04. The van der Waals surface area contributed by atoms with Crippen LogP contribution in [-0.2, 0) is 0 Å². The zero-order valence-corrected chi connectivity index (χ0v) is 18.2. The van der Waals surface area contributed by atoms with E-state index >= 15 is 0 Å². The lowest BCUT2D eigenvalue weighted by Crippen LogP contribution is -2.28. The minimum atomic E-state index is 0.585. The van der Waals surface area contributed by atoms with Crippen molar-refractivity contribution in [2.75, 3.05) is 25.5 Å². The molecule has 1 unspecified atom stereocenters. The standard InChI is InChI=1S/C26H27N5O/c1-17-25-19(9-11-29-17)13-24(21-12-23(32-2)16-28-15-21)31-26(25)30-22-7-5-18(6-8-22)20-4-3-10-27-14-20/h5-9,11-13,15-16,20,27,29H,1,3-4,10,14H2,2H3,(H,30,31). The van der Waals surface area contributed by atoms with Crippen LogP contribution < -0.4 is 20.7 Å². The number of piperidine rings is 1. The van der Waals surface area contributed by atoms with Gasteiger partial charge in [0.25, 0.3) is 0 Å². The molecule has 6 heteroatoms. The Kier molecular flexibility index (Phi) is 5.60. The van der Waals surface area contributed by atoms with Crippen molar-refractivity contribution in [1.82, 2.24) is 20.6 Å². The number of pyridine rings is 2. The molecular weight excluding hydrogens is 398 g/mol. The molecule has 2 aliphatic rings. The Balaban J connectivity index is 1.49. The van der Waals surface area contributed by atoms with E-state index in [1.807, 2.05) is 18.3 Å². The van der Waals surface area contributed by atoms with E-state index in [9.17, 15) is 0 Å². The number of benzene rings is 1. The number of fused-ring (bicyclic) bond motifs is 1. The van der Waals surface area contributed by atoms with Gasteiger partial charge in [0.1, 0.15) is 11.6 Å². The summed E-state index contributed by atoms with van der Waals surface area (Å²) in [5.41, 5.74) is 6.92. The molecule has 0 saturated carbocycles. The predicted molar refractivity (Wildman–Crippen MR) is 130 cm³/mol. The smallest absolute Gasteiger partial charge is 0.141 e. The molecule has 3 N–H and O–H groups in total. The van der Waals surface area contributed by atoms with E-state index in [1.54, 1.807) is 19.5 Å². The molecule has 0 radical (unpaired) electrons. The number of aromatic nitrogens is 2. The Morgan fingerprint density at radius 1 is 1.16 bits per heavy atom. The van der Waals surface area contributed by atoms with Crippen LogP contribution in [0.4, 0.5) is 11.5 Å². The predicted octanol–water partition coefficient (Wildman–Crippen LogP) is 4.91. The highest BCUT2D eigenvalue weighted by Crippen LogP contribution is 2.34. The van der Waals surface area contributed by atoms with Gasteiger partial charge in [0.05, 0.1) is 19.0 Å². The number of hydrogen-bond donors (Lipinski definition) is 3. The van der Waals surface area contributed by atoms with Gasteiger partial charge in [-0.25, -0.2) is 4.98 Å². The van der Waals surface area contributed by atoms with Crippen molar-refractivity contribution in [2.45, 2.75) is 18.8 Å². The lowest BCUT2D eigenvalue weighted by atomic mass is 9.91. The van der Waals surface area contributed by atoms with Crippen LogP contribution in [0.5, 0.6) is 5.75 Å². The molecule has 32 heavy (non-hydrogen) atoms. The van der Waals surface area contributed by atoms with Crippen molar-refractivity contribution in [2.24, 2.45) is 0 Å². The SMILES string of the molecule is C=C1NC=Cc2cc(-c3cncc(OC)c3)nc(Nc3ccc(C4CCCNC4)cc3)c21. The van der Waals surface area contributed by atoms with E-state index in [-0.39, 0.29) is 0 Å². The molecule has 2 aromatic heterocycles. The van der Waals surface area contributed by atoms with Gasteiger partial charge in [-0.05, 0) is 66.8 Å². The molecule has 162 valence electrons. The van der Waals surface area contributed by atoms with Gasteiger partial charge in [-0.3, -0.25) is 4.98 Å². The minimum absolute atomic E-state index is 0.585. The van der Waals surface area contributed by atoms with Gasteiger partial charge < -0.3 is 20.7 Å². The topological polar surface area (TPSA) is 71.1 Å². The summed E-state index contributed by atoms with van der Waals surface area (Å²) in [5, 5.41) is 10.2. The number of anilines is 2. The normalized spacial score (nSPS) is 17.4. The van der Waals surface area contributed by atoms with E-state index in [0.29, 0.717) is 11.7 Å². The number of hydrogen-bond acceptors (Lipinski definition) is 6. The van der Waals surface area contributed by atoms with Gasteiger partial charge in [-0.15, -0.1) is 0 Å². The summed E-state index contributed by atoms with van der Waals surface area (Å²) in [7, 11) is 1.64. The first-order chi connectivity index (χ1) is 15.7. The quantitative estimate of drug-likeness (QED) is 0.540. The highest BCUT2D eigenvalue weighted by molar-refractivity contribution is 5.86. The van der Waals surface area contributed by atoms with Gasteiger partial charge in [-0.1, -0.05) is 18.7 Å². The van der Waals surface area contributed by atoms with Crippen molar-refractivity contribution >= 4 is 23.3 Å². The van der Waals surface area contributed by atoms with Gasteiger partial charge in [0.15, 0.2) is 0 Å². The van der Waals surface area contributed by atoms with E-state index < -0.39 is 0 Å². The van der Waals surface area contributed by atoms with Gasteiger partial charge >= 0.3 is 0 Å². The lowest BCUT2D eigenvalue weighted by molar-refractivity contribution is 0.413. The van der Waals surface area contributed by atoms with Crippen LogP contribution in [0.2, 0.25) is 0 Å². The third-order valence-electron chi connectivity index (χ3n) is 6.06. The molecule has 0 bridgehead atoms. The second kappa shape index (κ2) is 8.85. The van der Waals surface area contributed by atoms with E-state index in [1.165, 1.54) is 18.4 Å². The minimum Gasteiger partial charge on any atom is -0.495 e. The summed E-state index contributed by atoms with van der Waals surface area (Å²) in [4.78, 5) is 9.23. The molecule has 1 atom stereocenters. The summed E-state index contributed by atoms with van der Waals surface area (Å²) in [6, 6.07) is 12.7. The average molecular weight is 426 g/mol. The second-order valence-electron chi connectivity index (χ2n) is 8.18. The molecule has 4 heterocycles. The second-order valence-corrected chi connectivity index (χ2v) is 8.18. The molecule has 1 fully saturated rings. The van der Waals surface area contributed by atoms with Crippen LogP contribution in [-0.4, -0.2) is 30.2 Å². The first-order valence-corrected chi connectivity index (χ1v) is 11.0. The Hall–Kier alpha value is -3.64. The first-order valence-electron chi connectivity index (χ1n) is 11.0. The summed E-state index contributed by atoms with van der Waals surface area (Å²) >= 11 is 0. The van der Waals surface area contributed by atoms with Crippen LogP contribution in [0.15, 0.2) is 61.6 Å². The van der Waals surface area contributed by atoms with Crippen molar-refractivity contribution in [1.29, 1.82) is 0 Å². The fourth-order valence-electron chi connectivity index (χ4n) is 4.34. The Bertz CT molecular complexity index is 1160. The van der Waals surface area contributed by atoms with Crippen LogP contribution in [0, 0.1) is 0 Å². The number of methoxy groups -OCH3 is 1. The molecule has 1 saturated heterocycles. The van der Waals surface area contributed by atoms with E-state index in [4.69, 9.17) is 9.72 Å². The van der Waals surface area contributed by atoms with Crippen LogP contribution in [0.1, 0.15) is 35.4 Å². The van der Waals surface area contributed by atoms with Crippen LogP contribution >= 0.6 is 0 Å². The number of nitrogens with one attached hydrogen (secondary N) is 3. The fraction of sp³-hybridized carbons (Fsp3) is 0.231. The van der Waals surface area contributed by atoms with Crippen molar-refractivity contribution < 1.29 is 4.74 Å². The summed E-state index contributed by atoms with van der Waals surface area (Å²) in [6.45, 7) is 6.36. The molecule has 6 nitrogen and oxygen atoms in total. The first kappa shape index (κ1) is 20.3. The van der Waals surface area contributed by atoms with Gasteiger partial charge in [-0.2, -0.15) is 0 Å². The van der Waals surface area contributed by atoms with Crippen molar-refractivity contribution in [3.05, 3.63) is 78.3 Å². The number of rotatable bonds is 5. The van der Waals surface area contributed by atoms with E-state index in [0.717, 1.165) is 52.7 Å². The zero-order valence-electron chi connectivity index (χ0n) is 18.2. The third-order valence-corrected chi connectivity index (χ3v) is 6.06. The molecule has 3 aromatic rings. The Labute approximate surface area is 188 Å². The maximum Gasteiger partial charge on any atom is 0.141 e. The zero-order chi connectivity index (χ0) is 21.9. The highest BCUT2D eigenvalue weighted by Gasteiger charge is 2.19. The lowest BCUT2D eigenvalue weighted by Gasteiger charge is -2.23. The molecule has 0 spiro atoms. The van der Waals surface area contributed by atoms with E-state index in [2.05, 4.69) is 57.8 Å². The molecule has 0 amide bonds. The molecule has 2 aliphatic heterocycles. The molecular formula is C26H27N5O. The Morgan fingerprint density at radius 3 is 2.81 bits per heavy atom. The largest absolute Gasteiger partial charge is 0.495 e. The summed E-state index contributed by atoms with van der Waals surface area (Å²) in [6.07, 6.45) is 9.89. The maximum atomic E-state index is 5.34. The maximum absolute atomic E-state index is 5.34. The van der Waals surface area contributed by atoms with Crippen LogP contribution in [0.3, 0.4) is 0 Å². The highest BCUT2D eigenvalue weighted by atomic mass is 16.5. The molecule has 0 aliphatic carbocycles. The monoisotopic (exact) mass is 425 g/mol. The third kappa shape index (κ3) is 4.09. The number of nitrogens with zero attached hydrogens (tertiary/aromatic N) is 2. The fourth-order valence-corrected chi connectivity index (χ4v) is 4.34.